The quantitative estimate of drug-likeness (QED) is 0.723. The average molecular weight is 308 g/mol. The average Bonchev–Trinajstić information content (AvgIpc) is 2.81. The Labute approximate surface area is 131 Å². The Morgan fingerprint density at radius 3 is 2.60 bits per heavy atom. The van der Waals surface area contributed by atoms with Crippen LogP contribution in [0.3, 0.4) is 0 Å². The Kier molecular flexibility index (Phi) is 6.08. The van der Waals surface area contributed by atoms with E-state index in [0.717, 1.165) is 30.8 Å². The van der Waals surface area contributed by atoms with Gasteiger partial charge in [-0.15, -0.1) is 11.3 Å². The van der Waals surface area contributed by atoms with Crippen LogP contribution in [-0.4, -0.2) is 6.54 Å². The van der Waals surface area contributed by atoms with Gasteiger partial charge in [0.15, 0.2) is 0 Å². The van der Waals surface area contributed by atoms with Crippen LogP contribution < -0.4 is 5.32 Å². The van der Waals surface area contributed by atoms with Gasteiger partial charge in [0, 0.05) is 10.9 Å². The molecule has 2 aromatic rings. The number of rotatable bonds is 7. The first kappa shape index (κ1) is 15.6. The highest BCUT2D eigenvalue weighted by Gasteiger charge is 2.17. The summed E-state index contributed by atoms with van der Waals surface area (Å²) >= 11 is 8.21. The first-order valence-electron chi connectivity index (χ1n) is 7.23. The van der Waals surface area contributed by atoms with Crippen molar-refractivity contribution in [2.24, 2.45) is 0 Å². The highest BCUT2D eigenvalue weighted by molar-refractivity contribution is 7.10. The third kappa shape index (κ3) is 4.08. The van der Waals surface area contributed by atoms with Gasteiger partial charge < -0.3 is 5.32 Å². The van der Waals surface area contributed by atoms with Gasteiger partial charge in [0.2, 0.25) is 0 Å². The molecular formula is C17H22ClNS. The van der Waals surface area contributed by atoms with Crippen molar-refractivity contribution in [3.8, 4) is 0 Å². The van der Waals surface area contributed by atoms with E-state index in [1.54, 1.807) is 11.3 Å². The fourth-order valence-corrected chi connectivity index (χ4v) is 3.72. The summed E-state index contributed by atoms with van der Waals surface area (Å²) in [6.45, 7) is 5.31. The molecule has 108 valence electrons. The number of nitrogens with one attached hydrogen (secondary N) is 1. The van der Waals surface area contributed by atoms with Crippen molar-refractivity contribution < 1.29 is 0 Å². The smallest absolute Gasteiger partial charge is 0.0590 e. The summed E-state index contributed by atoms with van der Waals surface area (Å²) in [4.78, 5) is 1.29. The molecule has 0 saturated carbocycles. The van der Waals surface area contributed by atoms with Crippen molar-refractivity contribution in [1.29, 1.82) is 0 Å². The molecule has 0 saturated heterocycles. The summed E-state index contributed by atoms with van der Waals surface area (Å²) in [5.74, 6) is 0. The monoisotopic (exact) mass is 307 g/mol. The molecule has 3 heteroatoms. The highest BCUT2D eigenvalue weighted by Crippen LogP contribution is 2.34. The molecule has 2 rings (SSSR count). The van der Waals surface area contributed by atoms with Crippen LogP contribution in [0.5, 0.6) is 0 Å². The zero-order chi connectivity index (χ0) is 14.4. The molecule has 1 aromatic heterocycles. The first-order chi connectivity index (χ1) is 9.72. The molecule has 20 heavy (non-hydrogen) atoms. The largest absolute Gasteiger partial charge is 0.309 e. The van der Waals surface area contributed by atoms with Crippen molar-refractivity contribution in [2.45, 2.75) is 39.2 Å². The molecule has 0 aliphatic heterocycles. The van der Waals surface area contributed by atoms with Gasteiger partial charge >= 0.3 is 0 Å². The predicted molar refractivity (Wildman–Crippen MR) is 89.9 cm³/mol. The van der Waals surface area contributed by atoms with E-state index in [1.165, 1.54) is 16.0 Å². The number of hydrogen-bond acceptors (Lipinski definition) is 2. The van der Waals surface area contributed by atoms with Crippen LogP contribution in [0.2, 0.25) is 5.02 Å². The second-order valence-corrected chi connectivity index (χ2v) is 6.42. The van der Waals surface area contributed by atoms with Crippen LogP contribution >= 0.6 is 22.9 Å². The minimum Gasteiger partial charge on any atom is -0.309 e. The van der Waals surface area contributed by atoms with Gasteiger partial charge in [0.05, 0.1) is 5.02 Å². The molecule has 0 fully saturated rings. The summed E-state index contributed by atoms with van der Waals surface area (Å²) < 4.78 is 0. The third-order valence-electron chi connectivity index (χ3n) is 3.45. The molecular weight excluding hydrogens is 286 g/mol. The lowest BCUT2D eigenvalue weighted by molar-refractivity contribution is 0.506. The van der Waals surface area contributed by atoms with E-state index in [0.29, 0.717) is 6.04 Å². The molecule has 0 amide bonds. The lowest BCUT2D eigenvalue weighted by Gasteiger charge is -2.18. The summed E-state index contributed by atoms with van der Waals surface area (Å²) in [5.41, 5.74) is 2.58. The minimum absolute atomic E-state index is 0.362. The van der Waals surface area contributed by atoms with Gasteiger partial charge in [-0.3, -0.25) is 0 Å². The van der Waals surface area contributed by atoms with Crippen molar-refractivity contribution in [3.05, 3.63) is 56.7 Å². The SMILES string of the molecule is CCCNC(CCc1ccccc1)c1scc(C)c1Cl. The Morgan fingerprint density at radius 2 is 2.00 bits per heavy atom. The summed E-state index contributed by atoms with van der Waals surface area (Å²) in [7, 11) is 0. The van der Waals surface area contributed by atoms with Crippen molar-refractivity contribution in [2.75, 3.05) is 6.54 Å². The van der Waals surface area contributed by atoms with Gasteiger partial charge in [-0.1, -0.05) is 48.9 Å². The van der Waals surface area contributed by atoms with E-state index in [9.17, 15) is 0 Å². The van der Waals surface area contributed by atoms with Crippen LogP contribution in [0.4, 0.5) is 0 Å². The zero-order valence-electron chi connectivity index (χ0n) is 12.2. The molecule has 1 heterocycles. The minimum atomic E-state index is 0.362. The number of benzene rings is 1. The van der Waals surface area contributed by atoms with Crippen molar-refractivity contribution in [3.63, 3.8) is 0 Å². The maximum atomic E-state index is 6.43. The molecule has 1 atom stereocenters. The van der Waals surface area contributed by atoms with Crippen LogP contribution in [-0.2, 0) is 6.42 Å². The standard InChI is InChI=1S/C17H22ClNS/c1-3-11-19-15(17-16(18)13(2)12-20-17)10-9-14-7-5-4-6-8-14/h4-8,12,15,19H,3,9-11H2,1-2H3. The summed E-state index contributed by atoms with van der Waals surface area (Å²) in [5, 5.41) is 6.73. The fraction of sp³-hybridized carbons (Fsp3) is 0.412. The number of halogens is 1. The summed E-state index contributed by atoms with van der Waals surface area (Å²) in [6.07, 6.45) is 3.31. The van der Waals surface area contributed by atoms with Crippen molar-refractivity contribution in [1.82, 2.24) is 5.32 Å². The van der Waals surface area contributed by atoms with E-state index in [-0.39, 0.29) is 0 Å². The second-order valence-electron chi connectivity index (χ2n) is 5.13. The van der Waals surface area contributed by atoms with E-state index in [2.05, 4.69) is 54.9 Å². The number of hydrogen-bond donors (Lipinski definition) is 1. The lowest BCUT2D eigenvalue weighted by Crippen LogP contribution is -2.22. The Bertz CT molecular complexity index is 521. The van der Waals surface area contributed by atoms with E-state index < -0.39 is 0 Å². The normalized spacial score (nSPS) is 12.6. The van der Waals surface area contributed by atoms with E-state index >= 15 is 0 Å². The Balaban J connectivity index is 2.06. The zero-order valence-corrected chi connectivity index (χ0v) is 13.7. The Morgan fingerprint density at radius 1 is 1.25 bits per heavy atom. The number of aryl methyl sites for hydroxylation is 2. The molecule has 1 N–H and O–H groups in total. The predicted octanol–water partition coefficient (Wildman–Crippen LogP) is 5.38. The van der Waals surface area contributed by atoms with Gasteiger partial charge in [-0.2, -0.15) is 0 Å². The first-order valence-corrected chi connectivity index (χ1v) is 8.49. The third-order valence-corrected chi connectivity index (χ3v) is 5.27. The highest BCUT2D eigenvalue weighted by atomic mass is 35.5. The molecule has 1 unspecified atom stereocenters. The summed E-state index contributed by atoms with van der Waals surface area (Å²) in [6, 6.07) is 11.0. The Hall–Kier alpha value is -0.830. The number of thiophene rings is 1. The molecule has 0 aliphatic rings. The fourth-order valence-electron chi connectivity index (χ4n) is 2.28. The molecule has 0 radical (unpaired) electrons. The second kappa shape index (κ2) is 7.82. The van der Waals surface area contributed by atoms with Crippen LogP contribution in [0, 0.1) is 6.92 Å². The van der Waals surface area contributed by atoms with Crippen LogP contribution in [0.25, 0.3) is 0 Å². The lowest BCUT2D eigenvalue weighted by atomic mass is 10.0. The van der Waals surface area contributed by atoms with Crippen molar-refractivity contribution >= 4 is 22.9 Å². The van der Waals surface area contributed by atoms with Gasteiger partial charge in [0.1, 0.15) is 0 Å². The van der Waals surface area contributed by atoms with Gasteiger partial charge in [-0.05, 0) is 49.2 Å². The molecule has 1 nitrogen and oxygen atoms in total. The maximum Gasteiger partial charge on any atom is 0.0590 e. The van der Waals surface area contributed by atoms with Crippen LogP contribution in [0.15, 0.2) is 35.7 Å². The molecule has 0 aliphatic carbocycles. The molecule has 0 bridgehead atoms. The van der Waals surface area contributed by atoms with E-state index in [1.807, 2.05) is 0 Å². The van der Waals surface area contributed by atoms with E-state index in [4.69, 9.17) is 11.6 Å². The van der Waals surface area contributed by atoms with Gasteiger partial charge in [0.25, 0.3) is 0 Å². The maximum absolute atomic E-state index is 6.43. The van der Waals surface area contributed by atoms with Gasteiger partial charge in [-0.25, -0.2) is 0 Å². The molecule has 1 aromatic carbocycles. The molecule has 0 spiro atoms. The topological polar surface area (TPSA) is 12.0 Å². The van der Waals surface area contributed by atoms with Crippen LogP contribution in [0.1, 0.15) is 41.8 Å².